The summed E-state index contributed by atoms with van der Waals surface area (Å²) in [4.78, 5) is 27.7. The number of amides is 1. The van der Waals surface area contributed by atoms with Gasteiger partial charge in [0.25, 0.3) is 0 Å². The molecule has 3 rings (SSSR count). The summed E-state index contributed by atoms with van der Waals surface area (Å²) in [7, 11) is 0. The number of halogens is 1. The van der Waals surface area contributed by atoms with Crippen molar-refractivity contribution in [3.8, 4) is 0 Å². The van der Waals surface area contributed by atoms with Crippen molar-refractivity contribution in [1.82, 2.24) is 4.98 Å². The van der Waals surface area contributed by atoms with Gasteiger partial charge in [-0.1, -0.05) is 29.8 Å². The van der Waals surface area contributed by atoms with E-state index < -0.39 is 0 Å². The minimum Gasteiger partial charge on any atom is -0.357 e. The van der Waals surface area contributed by atoms with Crippen molar-refractivity contribution in [3.05, 3.63) is 74.5 Å². The Morgan fingerprint density at radius 2 is 1.96 bits per heavy atom. The van der Waals surface area contributed by atoms with Crippen molar-refractivity contribution in [2.45, 2.75) is 19.6 Å². The van der Waals surface area contributed by atoms with Crippen LogP contribution in [-0.4, -0.2) is 16.6 Å². The Balaban J connectivity index is 1.64. The summed E-state index contributed by atoms with van der Waals surface area (Å²) in [6.45, 7) is 3.89. The van der Waals surface area contributed by atoms with E-state index in [1.165, 1.54) is 11.8 Å². The average Bonchev–Trinajstić information content (AvgIpc) is 2.59. The monoisotopic (exact) mass is 386 g/mol. The average molecular weight is 387 g/mol. The Morgan fingerprint density at radius 3 is 2.77 bits per heavy atom. The van der Waals surface area contributed by atoms with Gasteiger partial charge in [-0.05, 0) is 43.2 Å². The molecule has 1 aromatic heterocycles. The van der Waals surface area contributed by atoms with E-state index in [1.807, 2.05) is 38.1 Å². The number of rotatable bonds is 5. The minimum atomic E-state index is -0.0975. The van der Waals surface area contributed by atoms with Gasteiger partial charge in [0.2, 0.25) is 5.91 Å². The van der Waals surface area contributed by atoms with Gasteiger partial charge in [-0.15, -0.1) is 11.8 Å². The van der Waals surface area contributed by atoms with Crippen LogP contribution >= 0.6 is 23.4 Å². The molecule has 0 atom stereocenters. The zero-order chi connectivity index (χ0) is 18.7. The quantitative estimate of drug-likeness (QED) is 0.669. The third-order valence-electron chi connectivity index (χ3n) is 4.09. The second-order valence-corrected chi connectivity index (χ2v) is 7.58. The number of fused-ring (bicyclic) bond motifs is 1. The number of carbonyl (C=O) groups excluding carboxylic acids is 1. The van der Waals surface area contributed by atoms with E-state index in [2.05, 4.69) is 10.3 Å². The van der Waals surface area contributed by atoms with Gasteiger partial charge in [0.1, 0.15) is 0 Å². The number of para-hydroxylation sites is 1. The number of aromatic nitrogens is 1. The first-order valence-electron chi connectivity index (χ1n) is 8.19. The zero-order valence-corrected chi connectivity index (χ0v) is 16.1. The normalized spacial score (nSPS) is 10.9. The number of pyridine rings is 1. The van der Waals surface area contributed by atoms with Crippen molar-refractivity contribution < 1.29 is 4.79 Å². The van der Waals surface area contributed by atoms with Crippen LogP contribution in [0.3, 0.4) is 0 Å². The number of thioether (sulfide) groups is 1. The van der Waals surface area contributed by atoms with Crippen LogP contribution in [0, 0.1) is 13.8 Å². The summed E-state index contributed by atoms with van der Waals surface area (Å²) in [6.07, 6.45) is 0. The highest BCUT2D eigenvalue weighted by atomic mass is 35.5. The van der Waals surface area contributed by atoms with Gasteiger partial charge < -0.3 is 10.3 Å². The molecule has 2 N–H and O–H groups in total. The maximum atomic E-state index is 12.2. The standard InChI is InChI=1S/C20H19ClN2O2S/c1-12-6-7-14(21)8-17(12)23-19(25)11-26-10-15-9-18(24)16-5-3-4-13(2)20(16)22-15/h3-9H,10-11H2,1-2H3,(H,22,24)(H,23,25). The molecule has 0 spiro atoms. The number of hydrogen-bond donors (Lipinski definition) is 2. The fourth-order valence-electron chi connectivity index (χ4n) is 2.72. The summed E-state index contributed by atoms with van der Waals surface area (Å²) in [5.41, 5.74) is 4.38. The molecule has 0 saturated heterocycles. The number of benzene rings is 2. The Morgan fingerprint density at radius 1 is 1.15 bits per heavy atom. The Hall–Kier alpha value is -2.24. The van der Waals surface area contributed by atoms with E-state index >= 15 is 0 Å². The molecule has 6 heteroatoms. The van der Waals surface area contributed by atoms with E-state index in [0.717, 1.165) is 28.0 Å². The van der Waals surface area contributed by atoms with E-state index in [0.29, 0.717) is 21.9 Å². The fourth-order valence-corrected chi connectivity index (χ4v) is 3.63. The molecule has 134 valence electrons. The van der Waals surface area contributed by atoms with Crippen LogP contribution in [0.25, 0.3) is 10.9 Å². The molecule has 2 aromatic carbocycles. The molecular weight excluding hydrogens is 368 g/mol. The lowest BCUT2D eigenvalue weighted by Crippen LogP contribution is -2.15. The lowest BCUT2D eigenvalue weighted by molar-refractivity contribution is -0.113. The lowest BCUT2D eigenvalue weighted by Gasteiger charge is -2.09. The van der Waals surface area contributed by atoms with Crippen LogP contribution in [-0.2, 0) is 10.5 Å². The molecular formula is C20H19ClN2O2S. The topological polar surface area (TPSA) is 62.0 Å². The molecule has 0 saturated carbocycles. The fraction of sp³-hybridized carbons (Fsp3) is 0.200. The number of hydrogen-bond acceptors (Lipinski definition) is 3. The molecule has 0 bridgehead atoms. The molecule has 0 aliphatic carbocycles. The summed E-state index contributed by atoms with van der Waals surface area (Å²) >= 11 is 7.42. The van der Waals surface area contributed by atoms with Crippen molar-refractivity contribution in [3.63, 3.8) is 0 Å². The van der Waals surface area contributed by atoms with E-state index in [-0.39, 0.29) is 11.3 Å². The number of carbonyl (C=O) groups is 1. The molecule has 0 aliphatic heterocycles. The second-order valence-electron chi connectivity index (χ2n) is 6.16. The molecule has 0 fully saturated rings. The van der Waals surface area contributed by atoms with Crippen molar-refractivity contribution in [2.75, 3.05) is 11.1 Å². The number of nitrogens with one attached hydrogen (secondary N) is 2. The Kier molecular flexibility index (Phi) is 5.69. The van der Waals surface area contributed by atoms with Crippen molar-refractivity contribution in [2.24, 2.45) is 0 Å². The maximum Gasteiger partial charge on any atom is 0.234 e. The van der Waals surface area contributed by atoms with Gasteiger partial charge in [-0.3, -0.25) is 9.59 Å². The smallest absolute Gasteiger partial charge is 0.234 e. The summed E-state index contributed by atoms with van der Waals surface area (Å²) in [6, 6.07) is 12.7. The minimum absolute atomic E-state index is 0.00273. The largest absolute Gasteiger partial charge is 0.357 e. The van der Waals surface area contributed by atoms with Gasteiger partial charge in [0.15, 0.2) is 5.43 Å². The highest BCUT2D eigenvalue weighted by molar-refractivity contribution is 7.99. The Labute approximate surface area is 161 Å². The second kappa shape index (κ2) is 7.98. The summed E-state index contributed by atoms with van der Waals surface area (Å²) < 4.78 is 0. The van der Waals surface area contributed by atoms with Crippen LogP contribution in [0.4, 0.5) is 5.69 Å². The van der Waals surface area contributed by atoms with Crippen LogP contribution < -0.4 is 10.7 Å². The maximum absolute atomic E-state index is 12.2. The van der Waals surface area contributed by atoms with Crippen LogP contribution in [0.5, 0.6) is 0 Å². The van der Waals surface area contributed by atoms with E-state index in [1.54, 1.807) is 18.2 Å². The molecule has 4 nitrogen and oxygen atoms in total. The number of H-pyrrole nitrogens is 1. The SMILES string of the molecule is Cc1ccc(Cl)cc1NC(=O)CSCc1cc(=O)c2cccc(C)c2[nH]1. The molecule has 0 unspecified atom stereocenters. The molecule has 1 heterocycles. The Bertz CT molecular complexity index is 1030. The van der Waals surface area contributed by atoms with Gasteiger partial charge >= 0.3 is 0 Å². The summed E-state index contributed by atoms with van der Waals surface area (Å²) in [5.74, 6) is 0.751. The van der Waals surface area contributed by atoms with Crippen molar-refractivity contribution in [1.29, 1.82) is 0 Å². The predicted molar refractivity (Wildman–Crippen MR) is 110 cm³/mol. The number of anilines is 1. The molecule has 1 amide bonds. The highest BCUT2D eigenvalue weighted by Gasteiger charge is 2.08. The van der Waals surface area contributed by atoms with Gasteiger partial charge in [-0.25, -0.2) is 0 Å². The molecule has 0 radical (unpaired) electrons. The number of aryl methyl sites for hydroxylation is 2. The number of aromatic amines is 1. The first-order valence-corrected chi connectivity index (χ1v) is 9.72. The zero-order valence-electron chi connectivity index (χ0n) is 14.6. The third-order valence-corrected chi connectivity index (χ3v) is 5.31. The van der Waals surface area contributed by atoms with E-state index in [4.69, 9.17) is 11.6 Å². The van der Waals surface area contributed by atoms with E-state index in [9.17, 15) is 9.59 Å². The molecule has 26 heavy (non-hydrogen) atoms. The molecule has 0 aliphatic rings. The van der Waals surface area contributed by atoms with Gasteiger partial charge in [0, 0.05) is 33.6 Å². The first-order chi connectivity index (χ1) is 12.4. The van der Waals surface area contributed by atoms with Gasteiger partial charge in [0.05, 0.1) is 11.3 Å². The third kappa shape index (κ3) is 4.29. The van der Waals surface area contributed by atoms with Crippen LogP contribution in [0.2, 0.25) is 5.02 Å². The lowest BCUT2D eigenvalue weighted by atomic mass is 10.1. The summed E-state index contributed by atoms with van der Waals surface area (Å²) in [5, 5.41) is 4.14. The highest BCUT2D eigenvalue weighted by Crippen LogP contribution is 2.21. The van der Waals surface area contributed by atoms with Crippen molar-refractivity contribution >= 4 is 45.9 Å². The van der Waals surface area contributed by atoms with Crippen LogP contribution in [0.15, 0.2) is 47.3 Å². The first kappa shape index (κ1) is 18.5. The predicted octanol–water partition coefficient (Wildman–Crippen LogP) is 4.67. The molecule has 3 aromatic rings. The van der Waals surface area contributed by atoms with Gasteiger partial charge in [-0.2, -0.15) is 0 Å². The van der Waals surface area contributed by atoms with Crippen LogP contribution in [0.1, 0.15) is 16.8 Å².